The van der Waals surface area contributed by atoms with Gasteiger partial charge in [-0.1, -0.05) is 5.16 Å². The lowest BCUT2D eigenvalue weighted by Gasteiger charge is -2.24. The molecule has 0 bridgehead atoms. The van der Waals surface area contributed by atoms with E-state index in [0.717, 1.165) is 31.6 Å². The second-order valence-electron chi connectivity index (χ2n) is 6.40. The average molecular weight is 399 g/mol. The number of carbonyl (C=O) groups is 1. The van der Waals surface area contributed by atoms with Gasteiger partial charge in [0.1, 0.15) is 19.7 Å². The summed E-state index contributed by atoms with van der Waals surface area (Å²) in [5, 5.41) is 11.6. The van der Waals surface area contributed by atoms with E-state index in [0.29, 0.717) is 24.2 Å². The zero-order chi connectivity index (χ0) is 18.4. The summed E-state index contributed by atoms with van der Waals surface area (Å²) in [6.45, 7) is 5.26. The molecule has 3 heterocycles. The Hall–Kier alpha value is -1.97. The minimum Gasteiger partial charge on any atom is -0.377 e. The van der Waals surface area contributed by atoms with Crippen molar-refractivity contribution < 1.29 is 14.1 Å². The quantitative estimate of drug-likeness (QED) is 0.716. The van der Waals surface area contributed by atoms with Crippen molar-refractivity contribution in [2.24, 2.45) is 0 Å². The van der Waals surface area contributed by atoms with Crippen LogP contribution in [0, 0.1) is 0 Å². The highest BCUT2D eigenvalue weighted by Crippen LogP contribution is 2.22. The summed E-state index contributed by atoms with van der Waals surface area (Å²) in [6, 6.07) is 2.01. The van der Waals surface area contributed by atoms with Gasteiger partial charge < -0.3 is 19.5 Å². The third-order valence-electron chi connectivity index (χ3n) is 4.59. The van der Waals surface area contributed by atoms with E-state index < -0.39 is 0 Å². The normalized spacial score (nSPS) is 16.7. The topological polar surface area (TPSA) is 98.3 Å². The maximum atomic E-state index is 12.7. The minimum absolute atomic E-state index is 0. The predicted octanol–water partition coefficient (Wildman–Crippen LogP) is 1.35. The fraction of sp³-hybridized carbons (Fsp3) is 0.647. The van der Waals surface area contributed by atoms with Crippen molar-refractivity contribution in [2.45, 2.75) is 45.4 Å². The maximum Gasteiger partial charge on any atom is 0.246 e. The van der Waals surface area contributed by atoms with Gasteiger partial charge >= 0.3 is 0 Å². The van der Waals surface area contributed by atoms with Crippen LogP contribution in [0.1, 0.15) is 43.1 Å². The lowest BCUT2D eigenvalue weighted by molar-refractivity contribution is -0.132. The smallest absolute Gasteiger partial charge is 0.246 e. The van der Waals surface area contributed by atoms with E-state index in [1.165, 1.54) is 0 Å². The van der Waals surface area contributed by atoms with Crippen LogP contribution in [0.2, 0.25) is 0 Å². The zero-order valence-electron chi connectivity index (χ0n) is 15.8. The predicted molar refractivity (Wildman–Crippen MR) is 100 cm³/mol. The number of aromatic nitrogens is 4. The fourth-order valence-corrected chi connectivity index (χ4v) is 3.24. The Morgan fingerprint density at radius 2 is 2.37 bits per heavy atom. The van der Waals surface area contributed by atoms with Crippen LogP contribution in [0.25, 0.3) is 0 Å². The molecule has 0 saturated carbocycles. The molecule has 27 heavy (non-hydrogen) atoms. The molecular weight excluding hydrogens is 372 g/mol. The molecule has 1 N–H and O–H groups in total. The Balaban J connectivity index is 0.00000261. The Kier molecular flexibility index (Phi) is 8.21. The van der Waals surface area contributed by atoms with Gasteiger partial charge in [0.25, 0.3) is 0 Å². The highest BCUT2D eigenvalue weighted by atomic mass is 35.5. The lowest BCUT2D eigenvalue weighted by Crippen LogP contribution is -2.35. The first-order valence-corrected chi connectivity index (χ1v) is 9.01. The molecule has 1 aliphatic rings. The first-order valence-electron chi connectivity index (χ1n) is 9.01. The molecule has 1 amide bonds. The number of hydrogen-bond acceptors (Lipinski definition) is 7. The molecule has 9 nitrogen and oxygen atoms in total. The number of ether oxygens (including phenoxy) is 1. The van der Waals surface area contributed by atoms with Gasteiger partial charge in [-0.25, -0.2) is 0 Å². The molecule has 0 radical (unpaired) electrons. The van der Waals surface area contributed by atoms with Gasteiger partial charge in [0.15, 0.2) is 5.82 Å². The molecule has 1 atom stereocenters. The van der Waals surface area contributed by atoms with Gasteiger partial charge in [-0.05, 0) is 32.4 Å². The first kappa shape index (κ1) is 21.3. The summed E-state index contributed by atoms with van der Waals surface area (Å²) in [5.74, 6) is 1.27. The number of nitrogens with zero attached hydrogens (tertiary/aromatic N) is 5. The molecule has 10 heteroatoms. The zero-order valence-corrected chi connectivity index (χ0v) is 16.6. The number of nitrogens with one attached hydrogen (secondary N) is 1. The number of likely N-dealkylation sites (N-methyl/N-ethyl adjacent to an activating group) is 1. The fourth-order valence-electron chi connectivity index (χ4n) is 3.24. The number of rotatable bonds is 8. The SMILES string of the molecule is CCN(Cc1nc(COC)no1)C(=O)Cn1nccc1C1CCCNC1.Cl. The molecule has 2 aromatic heterocycles. The summed E-state index contributed by atoms with van der Waals surface area (Å²) in [5.41, 5.74) is 1.11. The van der Waals surface area contributed by atoms with Crippen LogP contribution >= 0.6 is 12.4 Å². The van der Waals surface area contributed by atoms with Crippen LogP contribution < -0.4 is 5.32 Å². The Morgan fingerprint density at radius 1 is 1.52 bits per heavy atom. The van der Waals surface area contributed by atoms with E-state index >= 15 is 0 Å². The summed E-state index contributed by atoms with van der Waals surface area (Å²) in [7, 11) is 1.57. The Bertz CT molecular complexity index is 713. The molecule has 1 aliphatic heterocycles. The molecule has 3 rings (SSSR count). The highest BCUT2D eigenvalue weighted by molar-refractivity contribution is 5.85. The van der Waals surface area contributed by atoms with E-state index in [4.69, 9.17) is 9.26 Å². The van der Waals surface area contributed by atoms with E-state index in [2.05, 4.69) is 20.6 Å². The van der Waals surface area contributed by atoms with Gasteiger partial charge in [0.05, 0.1) is 0 Å². The minimum atomic E-state index is -0.0206. The van der Waals surface area contributed by atoms with Crippen molar-refractivity contribution in [3.05, 3.63) is 29.7 Å². The van der Waals surface area contributed by atoms with Crippen LogP contribution in [-0.4, -0.2) is 57.5 Å². The molecule has 0 aromatic carbocycles. The van der Waals surface area contributed by atoms with Gasteiger partial charge in [-0.3, -0.25) is 9.48 Å². The molecule has 0 aliphatic carbocycles. The third-order valence-corrected chi connectivity index (χ3v) is 4.59. The number of carbonyl (C=O) groups excluding carboxylic acids is 1. The molecule has 150 valence electrons. The molecule has 1 saturated heterocycles. The molecule has 1 fully saturated rings. The van der Waals surface area contributed by atoms with Gasteiger partial charge in [-0.15, -0.1) is 12.4 Å². The van der Waals surface area contributed by atoms with E-state index in [1.807, 2.05) is 17.7 Å². The van der Waals surface area contributed by atoms with Crippen LogP contribution in [0.15, 0.2) is 16.8 Å². The van der Waals surface area contributed by atoms with E-state index in [1.54, 1.807) is 18.2 Å². The first-order chi connectivity index (χ1) is 12.7. The lowest BCUT2D eigenvalue weighted by atomic mass is 9.96. The second kappa shape index (κ2) is 10.4. The number of methoxy groups -OCH3 is 1. The summed E-state index contributed by atoms with van der Waals surface area (Å²) < 4.78 is 12.0. The largest absolute Gasteiger partial charge is 0.377 e. The van der Waals surface area contributed by atoms with Gasteiger partial charge in [-0.2, -0.15) is 10.1 Å². The number of halogens is 1. The maximum absolute atomic E-state index is 12.7. The van der Waals surface area contributed by atoms with Crippen LogP contribution in [0.3, 0.4) is 0 Å². The monoisotopic (exact) mass is 398 g/mol. The summed E-state index contributed by atoms with van der Waals surface area (Å²) >= 11 is 0. The van der Waals surface area contributed by atoms with Crippen molar-refractivity contribution in [3.63, 3.8) is 0 Å². The van der Waals surface area contributed by atoms with Crippen molar-refractivity contribution in [1.82, 2.24) is 30.1 Å². The van der Waals surface area contributed by atoms with Crippen molar-refractivity contribution >= 4 is 18.3 Å². The number of hydrogen-bond donors (Lipinski definition) is 1. The Morgan fingerprint density at radius 3 is 3.07 bits per heavy atom. The summed E-state index contributed by atoms with van der Waals surface area (Å²) in [6.07, 6.45) is 4.03. The standard InChI is InChI=1S/C17H26N6O3.ClH/c1-3-22(10-16-20-15(12-25-2)21-26-16)17(24)11-23-14(6-8-19-23)13-5-4-7-18-9-13;/h6,8,13,18H,3-5,7,9-12H2,1-2H3;1H. The summed E-state index contributed by atoms with van der Waals surface area (Å²) in [4.78, 5) is 18.7. The average Bonchev–Trinajstić information content (AvgIpc) is 3.30. The van der Waals surface area contributed by atoms with Crippen LogP contribution in [-0.2, 0) is 29.2 Å². The molecule has 1 unspecified atom stereocenters. The number of amides is 1. The van der Waals surface area contributed by atoms with Crippen LogP contribution in [0.4, 0.5) is 0 Å². The van der Waals surface area contributed by atoms with E-state index in [9.17, 15) is 4.79 Å². The van der Waals surface area contributed by atoms with Gasteiger partial charge in [0.2, 0.25) is 11.8 Å². The van der Waals surface area contributed by atoms with Crippen molar-refractivity contribution in [1.29, 1.82) is 0 Å². The van der Waals surface area contributed by atoms with Crippen LogP contribution in [0.5, 0.6) is 0 Å². The van der Waals surface area contributed by atoms with Crippen molar-refractivity contribution in [2.75, 3.05) is 26.7 Å². The second-order valence-corrected chi connectivity index (χ2v) is 6.40. The number of piperidine rings is 1. The van der Waals surface area contributed by atoms with Gasteiger partial charge in [0, 0.05) is 38.0 Å². The molecular formula is C17H27ClN6O3. The molecule has 0 spiro atoms. The highest BCUT2D eigenvalue weighted by Gasteiger charge is 2.22. The Labute approximate surface area is 164 Å². The van der Waals surface area contributed by atoms with E-state index in [-0.39, 0.29) is 38.0 Å². The molecule has 2 aromatic rings. The van der Waals surface area contributed by atoms with Crippen molar-refractivity contribution in [3.8, 4) is 0 Å². The third kappa shape index (κ3) is 5.50.